The maximum Gasteiger partial charge on any atom is 0.304 e. The summed E-state index contributed by atoms with van der Waals surface area (Å²) in [6, 6.07) is 3.17. The van der Waals surface area contributed by atoms with Crippen molar-refractivity contribution in [3.8, 4) is 5.75 Å². The lowest BCUT2D eigenvalue weighted by Crippen LogP contribution is -2.16. The summed E-state index contributed by atoms with van der Waals surface area (Å²) < 4.78 is 19.4. The Balaban J connectivity index is 2.09. The number of carboxylic acids is 1. The summed E-state index contributed by atoms with van der Waals surface area (Å²) in [6.45, 7) is 0.564. The number of carbonyl (C=O) groups is 1. The first-order valence-corrected chi connectivity index (χ1v) is 5.79. The van der Waals surface area contributed by atoms with Crippen LogP contribution in [-0.4, -0.2) is 17.7 Å². The molecule has 3 rings (SSSR count). The van der Waals surface area contributed by atoms with Gasteiger partial charge in [0.15, 0.2) is 0 Å². The molecule has 1 N–H and O–H groups in total. The molecular weight excluding hydrogens is 223 g/mol. The fourth-order valence-corrected chi connectivity index (χ4v) is 2.68. The van der Waals surface area contributed by atoms with Gasteiger partial charge in [0, 0.05) is 17.4 Å². The maximum absolute atomic E-state index is 14.0. The molecule has 1 aliphatic heterocycles. The molecule has 0 aromatic heterocycles. The molecule has 0 amide bonds. The number of fused-ring (bicyclic) bond motifs is 1. The lowest BCUT2D eigenvalue weighted by molar-refractivity contribution is -0.137. The minimum atomic E-state index is -0.877. The van der Waals surface area contributed by atoms with Gasteiger partial charge in [-0.2, -0.15) is 0 Å². The first-order chi connectivity index (χ1) is 8.12. The summed E-state index contributed by atoms with van der Waals surface area (Å²) in [6.07, 6.45) is 2.24. The van der Waals surface area contributed by atoms with E-state index < -0.39 is 11.4 Å². The fraction of sp³-hybridized carbons (Fsp3) is 0.462. The Hall–Kier alpha value is -1.58. The molecule has 2 aliphatic rings. The zero-order valence-corrected chi connectivity index (χ0v) is 9.33. The van der Waals surface area contributed by atoms with Crippen molar-refractivity contribution in [1.29, 1.82) is 0 Å². The van der Waals surface area contributed by atoms with Crippen LogP contribution in [0.25, 0.3) is 0 Å². The van der Waals surface area contributed by atoms with E-state index in [1.165, 1.54) is 6.07 Å². The predicted molar refractivity (Wildman–Crippen MR) is 58.8 cm³/mol. The molecule has 1 aliphatic carbocycles. The van der Waals surface area contributed by atoms with Crippen LogP contribution in [0.3, 0.4) is 0 Å². The average Bonchev–Trinajstić information content (AvgIpc) is 2.87. The Labute approximate surface area is 98.2 Å². The molecule has 90 valence electrons. The Morgan fingerprint density at radius 3 is 2.88 bits per heavy atom. The van der Waals surface area contributed by atoms with Gasteiger partial charge in [-0.1, -0.05) is 6.07 Å². The number of hydrogen-bond donors (Lipinski definition) is 1. The highest BCUT2D eigenvalue weighted by molar-refractivity contribution is 5.71. The van der Waals surface area contributed by atoms with E-state index in [-0.39, 0.29) is 12.2 Å². The van der Waals surface area contributed by atoms with E-state index in [1.807, 2.05) is 0 Å². The second kappa shape index (κ2) is 3.45. The summed E-state index contributed by atoms with van der Waals surface area (Å²) in [5.74, 6) is -0.606. The molecule has 1 saturated carbocycles. The Morgan fingerprint density at radius 1 is 1.47 bits per heavy atom. The van der Waals surface area contributed by atoms with Gasteiger partial charge in [-0.25, -0.2) is 4.39 Å². The number of benzene rings is 1. The number of halogens is 1. The lowest BCUT2D eigenvalue weighted by Gasteiger charge is -2.17. The summed E-state index contributed by atoms with van der Waals surface area (Å²) in [4.78, 5) is 10.9. The highest BCUT2D eigenvalue weighted by Crippen LogP contribution is 2.56. The van der Waals surface area contributed by atoms with Crippen molar-refractivity contribution in [1.82, 2.24) is 0 Å². The average molecular weight is 236 g/mol. The maximum atomic E-state index is 14.0. The van der Waals surface area contributed by atoms with Gasteiger partial charge in [0.1, 0.15) is 11.6 Å². The van der Waals surface area contributed by atoms with Gasteiger partial charge < -0.3 is 9.84 Å². The van der Waals surface area contributed by atoms with E-state index in [0.29, 0.717) is 17.9 Å². The number of carboxylic acid groups (broad SMARTS) is 1. The Morgan fingerprint density at radius 2 is 2.24 bits per heavy atom. The molecule has 0 saturated heterocycles. The van der Waals surface area contributed by atoms with E-state index in [4.69, 9.17) is 9.84 Å². The third-order valence-electron chi connectivity index (χ3n) is 3.68. The molecule has 0 unspecified atom stereocenters. The molecule has 0 spiro atoms. The smallest absolute Gasteiger partial charge is 0.304 e. The third-order valence-corrected chi connectivity index (χ3v) is 3.68. The fourth-order valence-electron chi connectivity index (χ4n) is 2.68. The van der Waals surface area contributed by atoms with Crippen LogP contribution in [0.4, 0.5) is 4.39 Å². The van der Waals surface area contributed by atoms with Crippen molar-refractivity contribution >= 4 is 5.97 Å². The van der Waals surface area contributed by atoms with Crippen LogP contribution < -0.4 is 4.74 Å². The van der Waals surface area contributed by atoms with E-state index in [0.717, 1.165) is 24.8 Å². The number of ether oxygens (including phenoxy) is 1. The monoisotopic (exact) mass is 236 g/mol. The SMILES string of the molecule is O=C(O)CC1(c2c(F)ccc3c2OCC3)CC1. The van der Waals surface area contributed by atoms with E-state index >= 15 is 0 Å². The van der Waals surface area contributed by atoms with E-state index in [1.54, 1.807) is 6.07 Å². The summed E-state index contributed by atoms with van der Waals surface area (Å²) in [5, 5.41) is 8.93. The van der Waals surface area contributed by atoms with Gasteiger partial charge in [0.25, 0.3) is 0 Å². The van der Waals surface area contributed by atoms with Crippen molar-refractivity contribution in [2.75, 3.05) is 6.61 Å². The van der Waals surface area contributed by atoms with Crippen LogP contribution in [0, 0.1) is 5.82 Å². The number of rotatable bonds is 3. The topological polar surface area (TPSA) is 46.5 Å². The molecule has 1 fully saturated rings. The molecule has 1 heterocycles. The van der Waals surface area contributed by atoms with Crippen molar-refractivity contribution in [2.45, 2.75) is 31.1 Å². The molecule has 1 aromatic carbocycles. The Bertz CT molecular complexity index is 492. The van der Waals surface area contributed by atoms with Crippen LogP contribution in [0.15, 0.2) is 12.1 Å². The van der Waals surface area contributed by atoms with Crippen molar-refractivity contribution in [2.24, 2.45) is 0 Å². The number of hydrogen-bond acceptors (Lipinski definition) is 2. The highest BCUT2D eigenvalue weighted by Gasteiger charge is 2.50. The normalized spacial score (nSPS) is 19.6. The van der Waals surface area contributed by atoms with E-state index in [2.05, 4.69) is 0 Å². The van der Waals surface area contributed by atoms with Gasteiger partial charge in [-0.15, -0.1) is 0 Å². The summed E-state index contributed by atoms with van der Waals surface area (Å²) >= 11 is 0. The predicted octanol–water partition coefficient (Wildman–Crippen LogP) is 2.27. The minimum Gasteiger partial charge on any atom is -0.493 e. The lowest BCUT2D eigenvalue weighted by atomic mass is 9.89. The van der Waals surface area contributed by atoms with Gasteiger partial charge in [0.2, 0.25) is 0 Å². The minimum absolute atomic E-state index is 0.0102. The molecule has 17 heavy (non-hydrogen) atoms. The van der Waals surface area contributed by atoms with Gasteiger partial charge >= 0.3 is 5.97 Å². The first-order valence-electron chi connectivity index (χ1n) is 5.79. The zero-order valence-electron chi connectivity index (χ0n) is 9.33. The standard InChI is InChI=1S/C13H13FO3/c14-9-2-1-8-3-6-17-12(8)11(9)13(4-5-13)7-10(15)16/h1-2H,3-7H2,(H,15,16). The summed E-state index contributed by atoms with van der Waals surface area (Å²) in [5.41, 5.74) is 0.971. The third kappa shape index (κ3) is 1.59. The van der Waals surface area contributed by atoms with Crippen molar-refractivity contribution in [3.63, 3.8) is 0 Å². The quantitative estimate of drug-likeness (QED) is 0.875. The zero-order chi connectivity index (χ0) is 12.0. The molecule has 0 bridgehead atoms. The summed E-state index contributed by atoms with van der Waals surface area (Å²) in [7, 11) is 0. The largest absolute Gasteiger partial charge is 0.493 e. The molecule has 0 atom stereocenters. The second-order valence-corrected chi connectivity index (χ2v) is 4.86. The van der Waals surface area contributed by atoms with Crippen LogP contribution in [0.2, 0.25) is 0 Å². The second-order valence-electron chi connectivity index (χ2n) is 4.86. The molecule has 4 heteroatoms. The molecule has 3 nitrogen and oxygen atoms in total. The van der Waals surface area contributed by atoms with Crippen LogP contribution >= 0.6 is 0 Å². The van der Waals surface area contributed by atoms with Crippen LogP contribution in [0.1, 0.15) is 30.4 Å². The molecule has 1 aromatic rings. The highest BCUT2D eigenvalue weighted by atomic mass is 19.1. The molecule has 0 radical (unpaired) electrons. The molecular formula is C13H13FO3. The van der Waals surface area contributed by atoms with Gasteiger partial charge in [-0.05, 0) is 24.5 Å². The van der Waals surface area contributed by atoms with Gasteiger partial charge in [-0.3, -0.25) is 4.79 Å². The van der Waals surface area contributed by atoms with Crippen LogP contribution in [0.5, 0.6) is 5.75 Å². The first kappa shape index (κ1) is 10.6. The van der Waals surface area contributed by atoms with Crippen molar-refractivity contribution < 1.29 is 19.0 Å². The number of aliphatic carboxylic acids is 1. The van der Waals surface area contributed by atoms with E-state index in [9.17, 15) is 9.18 Å². The van der Waals surface area contributed by atoms with Crippen LogP contribution in [-0.2, 0) is 16.6 Å². The van der Waals surface area contributed by atoms with Gasteiger partial charge in [0.05, 0.1) is 13.0 Å². The van der Waals surface area contributed by atoms with Crippen molar-refractivity contribution in [3.05, 3.63) is 29.1 Å². The Kier molecular flexibility index (Phi) is 2.15.